The first-order valence-corrected chi connectivity index (χ1v) is 12.0. The van der Waals surface area contributed by atoms with Crippen molar-refractivity contribution in [1.82, 2.24) is 0 Å². The van der Waals surface area contributed by atoms with E-state index in [1.165, 1.54) is 43.5 Å². The van der Waals surface area contributed by atoms with Crippen molar-refractivity contribution < 1.29 is 28.0 Å². The maximum absolute atomic E-state index is 14.9. The van der Waals surface area contributed by atoms with Crippen LogP contribution in [0.15, 0.2) is 108 Å². The van der Waals surface area contributed by atoms with Crippen molar-refractivity contribution in [1.29, 1.82) is 0 Å². The highest BCUT2D eigenvalue weighted by Gasteiger charge is 2.19. The number of hydrogen-bond acceptors (Lipinski definition) is 6. The standard InChI is InChI=1S/C31H22F2N2O5/c1-40-31(37)29(34-28-13-6-5-12-26(28)30(36)20-8-3-2-4-9-20)17-16-24(25-15-14-22(32)19-27(25)33)21-10-7-11-23(18-21)35(38)39/h2-16,18-19H,17H2,1H3. The molecule has 0 atom stereocenters. The van der Waals surface area contributed by atoms with Gasteiger partial charge in [0.1, 0.15) is 17.3 Å². The Bertz CT molecular complexity index is 1650. The van der Waals surface area contributed by atoms with Crippen molar-refractivity contribution in [2.75, 3.05) is 7.11 Å². The van der Waals surface area contributed by atoms with Gasteiger partial charge >= 0.3 is 5.97 Å². The smallest absolute Gasteiger partial charge is 0.352 e. The fourth-order valence-corrected chi connectivity index (χ4v) is 4.02. The molecule has 9 heteroatoms. The van der Waals surface area contributed by atoms with E-state index >= 15 is 0 Å². The molecule has 0 N–H and O–H groups in total. The summed E-state index contributed by atoms with van der Waals surface area (Å²) in [5.74, 6) is -2.79. The minimum atomic E-state index is -0.895. The number of nitro groups is 1. The third kappa shape index (κ3) is 6.39. The molecule has 0 bridgehead atoms. The number of esters is 1. The molecule has 4 aromatic rings. The Morgan fingerprint density at radius 3 is 2.27 bits per heavy atom. The Balaban J connectivity index is 1.82. The average molecular weight is 541 g/mol. The van der Waals surface area contributed by atoms with Crippen LogP contribution in [-0.4, -0.2) is 29.5 Å². The summed E-state index contributed by atoms with van der Waals surface area (Å²) in [4.78, 5) is 41.1. The molecule has 0 aliphatic heterocycles. The lowest BCUT2D eigenvalue weighted by Crippen LogP contribution is -2.15. The van der Waals surface area contributed by atoms with Gasteiger partial charge in [-0.25, -0.2) is 18.6 Å². The van der Waals surface area contributed by atoms with E-state index in [0.29, 0.717) is 11.6 Å². The van der Waals surface area contributed by atoms with E-state index < -0.39 is 22.5 Å². The molecule has 0 saturated carbocycles. The molecular weight excluding hydrogens is 518 g/mol. The van der Waals surface area contributed by atoms with E-state index in [0.717, 1.165) is 6.07 Å². The number of ether oxygens (including phenoxy) is 1. The maximum atomic E-state index is 14.9. The Morgan fingerprint density at radius 1 is 0.875 bits per heavy atom. The van der Waals surface area contributed by atoms with Crippen LogP contribution >= 0.6 is 0 Å². The van der Waals surface area contributed by atoms with Crippen molar-refractivity contribution in [2.24, 2.45) is 4.99 Å². The van der Waals surface area contributed by atoms with Crippen molar-refractivity contribution in [3.05, 3.63) is 147 Å². The number of nitrogens with zero attached hydrogens (tertiary/aromatic N) is 2. The Morgan fingerprint density at radius 2 is 1.57 bits per heavy atom. The van der Waals surface area contributed by atoms with Gasteiger partial charge in [-0.15, -0.1) is 0 Å². The molecule has 200 valence electrons. The molecule has 0 aliphatic rings. The summed E-state index contributed by atoms with van der Waals surface area (Å²) in [6, 6.07) is 23.5. The fourth-order valence-electron chi connectivity index (χ4n) is 4.02. The Kier molecular flexibility index (Phi) is 8.65. The number of nitro benzene ring substituents is 1. The molecule has 0 aromatic heterocycles. The fraction of sp³-hybridized carbons (Fsp3) is 0.0645. The second kappa shape index (κ2) is 12.5. The predicted octanol–water partition coefficient (Wildman–Crippen LogP) is 6.87. The third-order valence-corrected chi connectivity index (χ3v) is 5.95. The highest BCUT2D eigenvalue weighted by molar-refractivity contribution is 6.37. The molecular formula is C31H22F2N2O5. The molecule has 40 heavy (non-hydrogen) atoms. The predicted molar refractivity (Wildman–Crippen MR) is 147 cm³/mol. The monoisotopic (exact) mass is 540 g/mol. The third-order valence-electron chi connectivity index (χ3n) is 5.95. The quantitative estimate of drug-likeness (QED) is 0.0758. The van der Waals surface area contributed by atoms with Crippen LogP contribution < -0.4 is 0 Å². The molecule has 4 aromatic carbocycles. The molecule has 0 saturated heterocycles. The van der Waals surface area contributed by atoms with Gasteiger partial charge in [0.05, 0.1) is 17.7 Å². The number of allylic oxidation sites excluding steroid dienone is 1. The number of hydrogen-bond donors (Lipinski definition) is 0. The summed E-state index contributed by atoms with van der Waals surface area (Å²) in [7, 11) is 1.17. The van der Waals surface area contributed by atoms with Crippen molar-refractivity contribution in [3.8, 4) is 0 Å². The van der Waals surface area contributed by atoms with Gasteiger partial charge < -0.3 is 4.74 Å². The zero-order chi connectivity index (χ0) is 28.6. The van der Waals surface area contributed by atoms with Gasteiger partial charge in [-0.3, -0.25) is 14.9 Å². The van der Waals surface area contributed by atoms with Gasteiger partial charge in [-0.05, 0) is 35.4 Å². The molecule has 4 rings (SSSR count). The summed E-state index contributed by atoms with van der Waals surface area (Å²) in [5, 5.41) is 11.4. The number of rotatable bonds is 9. The normalized spacial score (nSPS) is 11.7. The highest BCUT2D eigenvalue weighted by atomic mass is 19.1. The molecule has 0 fully saturated rings. The van der Waals surface area contributed by atoms with Gasteiger partial charge in [0, 0.05) is 41.3 Å². The van der Waals surface area contributed by atoms with Crippen LogP contribution in [0.4, 0.5) is 20.2 Å². The maximum Gasteiger partial charge on any atom is 0.352 e. The number of carbonyl (C=O) groups excluding carboxylic acids is 2. The first-order valence-electron chi connectivity index (χ1n) is 12.0. The van der Waals surface area contributed by atoms with Crippen molar-refractivity contribution >= 4 is 34.4 Å². The van der Waals surface area contributed by atoms with E-state index in [1.807, 2.05) is 0 Å². The number of ketones is 1. The SMILES string of the molecule is COC(=O)C(CC=C(c1cccc([N+](=O)[O-])c1)c1ccc(F)cc1F)=Nc1ccccc1C(=O)c1ccccc1. The second-order valence-corrected chi connectivity index (χ2v) is 8.52. The average Bonchev–Trinajstić information content (AvgIpc) is 2.97. The van der Waals surface area contributed by atoms with Crippen LogP contribution in [0.1, 0.15) is 33.5 Å². The number of aliphatic imine (C=N–C) groups is 1. The molecule has 0 amide bonds. The topological polar surface area (TPSA) is 98.9 Å². The first-order chi connectivity index (χ1) is 19.3. The van der Waals surface area contributed by atoms with Crippen molar-refractivity contribution in [2.45, 2.75) is 6.42 Å². The molecule has 0 unspecified atom stereocenters. The minimum Gasteiger partial charge on any atom is -0.465 e. The summed E-state index contributed by atoms with van der Waals surface area (Å²) >= 11 is 0. The van der Waals surface area contributed by atoms with Gasteiger partial charge in [0.25, 0.3) is 5.69 Å². The molecule has 0 heterocycles. The van der Waals surface area contributed by atoms with Gasteiger partial charge in [0.2, 0.25) is 0 Å². The summed E-state index contributed by atoms with van der Waals surface area (Å²) in [6.45, 7) is 0. The van der Waals surface area contributed by atoms with Crippen LogP contribution in [-0.2, 0) is 9.53 Å². The summed E-state index contributed by atoms with van der Waals surface area (Å²) < 4.78 is 33.4. The Hall–Kier alpha value is -5.31. The lowest BCUT2D eigenvalue weighted by atomic mass is 9.95. The zero-order valence-electron chi connectivity index (χ0n) is 21.2. The zero-order valence-corrected chi connectivity index (χ0v) is 21.2. The van der Waals surface area contributed by atoms with E-state index in [1.54, 1.807) is 54.6 Å². The van der Waals surface area contributed by atoms with Crippen LogP contribution in [0.5, 0.6) is 0 Å². The van der Waals surface area contributed by atoms with E-state index in [4.69, 9.17) is 4.74 Å². The van der Waals surface area contributed by atoms with Gasteiger partial charge in [-0.2, -0.15) is 0 Å². The van der Waals surface area contributed by atoms with E-state index in [2.05, 4.69) is 4.99 Å². The number of carbonyl (C=O) groups is 2. The number of benzene rings is 4. The van der Waals surface area contributed by atoms with Crippen LogP contribution in [0, 0.1) is 21.7 Å². The van der Waals surface area contributed by atoms with Crippen LogP contribution in [0.2, 0.25) is 0 Å². The van der Waals surface area contributed by atoms with Gasteiger partial charge in [-0.1, -0.05) is 60.7 Å². The lowest BCUT2D eigenvalue weighted by Gasteiger charge is -2.11. The summed E-state index contributed by atoms with van der Waals surface area (Å²) in [6.07, 6.45) is 1.25. The Labute approximate surface area is 228 Å². The number of para-hydroxylation sites is 1. The second-order valence-electron chi connectivity index (χ2n) is 8.52. The highest BCUT2D eigenvalue weighted by Crippen LogP contribution is 2.30. The van der Waals surface area contributed by atoms with E-state index in [9.17, 15) is 28.5 Å². The lowest BCUT2D eigenvalue weighted by molar-refractivity contribution is -0.384. The number of non-ortho nitro benzene ring substituents is 1. The van der Waals surface area contributed by atoms with Crippen molar-refractivity contribution in [3.63, 3.8) is 0 Å². The van der Waals surface area contributed by atoms with Crippen LogP contribution in [0.25, 0.3) is 5.57 Å². The number of halogens is 2. The summed E-state index contributed by atoms with van der Waals surface area (Å²) in [5.41, 5.74) is 0.963. The molecule has 0 spiro atoms. The molecule has 7 nitrogen and oxygen atoms in total. The van der Waals surface area contributed by atoms with E-state index in [-0.39, 0.29) is 51.6 Å². The number of methoxy groups -OCH3 is 1. The molecule has 0 radical (unpaired) electrons. The largest absolute Gasteiger partial charge is 0.465 e. The van der Waals surface area contributed by atoms with Crippen LogP contribution in [0.3, 0.4) is 0 Å². The minimum absolute atomic E-state index is 0.0363. The van der Waals surface area contributed by atoms with Gasteiger partial charge in [0.15, 0.2) is 5.78 Å². The molecule has 0 aliphatic carbocycles. The first kappa shape index (κ1) is 27.7.